The van der Waals surface area contributed by atoms with Crippen LogP contribution in [-0.2, 0) is 19.2 Å². The van der Waals surface area contributed by atoms with E-state index in [4.69, 9.17) is 5.73 Å². The Bertz CT molecular complexity index is 859. The molecular weight excluding hydrogens is 428 g/mol. The van der Waals surface area contributed by atoms with E-state index in [0.29, 0.717) is 11.5 Å². The number of rotatable bonds is 10. The van der Waals surface area contributed by atoms with Crippen LogP contribution in [0.2, 0.25) is 0 Å². The van der Waals surface area contributed by atoms with Crippen molar-refractivity contribution < 1.29 is 24.3 Å². The Hall–Kier alpha value is -2.40. The second-order valence-electron chi connectivity index (χ2n) is 6.91. The van der Waals surface area contributed by atoms with Crippen LogP contribution >= 0.6 is 21.6 Å². The highest BCUT2D eigenvalue weighted by molar-refractivity contribution is 8.77. The third kappa shape index (κ3) is 6.05. The number of hydrogen-bond donors (Lipinski definition) is 2. The van der Waals surface area contributed by atoms with Gasteiger partial charge in [-0.15, -0.1) is 0 Å². The van der Waals surface area contributed by atoms with Crippen molar-refractivity contribution in [1.82, 2.24) is 4.98 Å². The Morgan fingerprint density at radius 1 is 1.40 bits per heavy atom. The number of nitrogens with zero attached hydrogens (tertiary/aromatic N) is 3. The minimum Gasteiger partial charge on any atom is -0.480 e. The molecule has 1 aromatic heterocycles. The summed E-state index contributed by atoms with van der Waals surface area (Å²) in [6, 6.07) is 3.15. The monoisotopic (exact) mass is 452 g/mol. The van der Waals surface area contributed by atoms with E-state index in [2.05, 4.69) is 9.98 Å². The average molecular weight is 453 g/mol. The molecule has 0 aromatic carbocycles. The molecule has 30 heavy (non-hydrogen) atoms. The number of carbonyl (C=O) groups is 4. The summed E-state index contributed by atoms with van der Waals surface area (Å²) < 4.78 is 0. The summed E-state index contributed by atoms with van der Waals surface area (Å²) in [5.74, 6) is -1.49. The lowest BCUT2D eigenvalue weighted by molar-refractivity contribution is -0.137. The van der Waals surface area contributed by atoms with E-state index in [-0.39, 0.29) is 30.4 Å². The predicted octanol–water partition coefficient (Wildman–Crippen LogP) is 2.56. The fourth-order valence-corrected chi connectivity index (χ4v) is 5.28. The Morgan fingerprint density at radius 3 is 2.63 bits per heavy atom. The smallest absolute Gasteiger partial charge is 0.317 e. The van der Waals surface area contributed by atoms with Crippen molar-refractivity contribution in [3.05, 3.63) is 18.3 Å². The molecule has 1 aromatic rings. The molecule has 0 bridgehead atoms. The number of anilines is 1. The zero-order chi connectivity index (χ0) is 22.4. The molecule has 0 aliphatic carbocycles. The van der Waals surface area contributed by atoms with Gasteiger partial charge in [0.15, 0.2) is 0 Å². The minimum atomic E-state index is -1.13. The first-order valence-corrected chi connectivity index (χ1v) is 11.6. The fraction of sp³-hybridized carbons (Fsp3) is 0.474. The lowest BCUT2D eigenvalue weighted by Crippen LogP contribution is -2.31. The van der Waals surface area contributed by atoms with Gasteiger partial charge in [0, 0.05) is 18.8 Å². The maximum atomic E-state index is 12.7. The Balaban J connectivity index is 2.07. The molecule has 0 radical (unpaired) electrons. The van der Waals surface area contributed by atoms with Crippen LogP contribution in [0, 0.1) is 5.92 Å². The van der Waals surface area contributed by atoms with Crippen LogP contribution < -0.4 is 10.6 Å². The van der Waals surface area contributed by atoms with E-state index in [1.807, 2.05) is 13.8 Å². The van der Waals surface area contributed by atoms with Gasteiger partial charge in [-0.1, -0.05) is 35.4 Å². The average Bonchev–Trinajstić information content (AvgIpc) is 2.98. The molecular formula is C19H24N4O5S2. The second-order valence-corrected chi connectivity index (χ2v) is 9.58. The number of imide groups is 1. The Kier molecular flexibility index (Phi) is 8.42. The number of carboxylic acid groups (broad SMARTS) is 1. The molecule has 0 spiro atoms. The first-order chi connectivity index (χ1) is 14.1. The maximum Gasteiger partial charge on any atom is 0.317 e. The molecule has 1 fully saturated rings. The third-order valence-corrected chi connectivity index (χ3v) is 7.52. The number of nitrogens with two attached hydrogens (primary N) is 1. The van der Waals surface area contributed by atoms with E-state index in [0.717, 1.165) is 32.9 Å². The Labute approximate surface area is 182 Å². The zero-order valence-corrected chi connectivity index (χ0v) is 18.5. The van der Waals surface area contributed by atoms with Gasteiger partial charge in [0.05, 0.1) is 11.9 Å². The van der Waals surface area contributed by atoms with Crippen LogP contribution in [0.1, 0.15) is 40.0 Å². The summed E-state index contributed by atoms with van der Waals surface area (Å²) in [5.41, 5.74) is 6.45. The van der Waals surface area contributed by atoms with Gasteiger partial charge in [0.1, 0.15) is 27.9 Å². The van der Waals surface area contributed by atoms with Crippen molar-refractivity contribution in [2.45, 2.75) is 50.5 Å². The molecule has 2 rings (SSSR count). The first kappa shape index (κ1) is 23.9. The maximum absolute atomic E-state index is 12.7. The van der Waals surface area contributed by atoms with Crippen molar-refractivity contribution in [3.63, 3.8) is 0 Å². The number of carboxylic acids is 1. The lowest BCUT2D eigenvalue weighted by atomic mass is 10.1. The molecule has 9 nitrogen and oxygen atoms in total. The first-order valence-electron chi connectivity index (χ1n) is 9.35. The second kappa shape index (κ2) is 10.6. The molecule has 3 atom stereocenters. The predicted molar refractivity (Wildman–Crippen MR) is 118 cm³/mol. The Morgan fingerprint density at radius 2 is 2.10 bits per heavy atom. The van der Waals surface area contributed by atoms with Crippen LogP contribution in [0.5, 0.6) is 0 Å². The van der Waals surface area contributed by atoms with E-state index in [1.54, 1.807) is 6.07 Å². The van der Waals surface area contributed by atoms with E-state index < -0.39 is 28.3 Å². The van der Waals surface area contributed by atoms with Crippen molar-refractivity contribution in [1.29, 1.82) is 0 Å². The quantitative estimate of drug-likeness (QED) is 0.237. The number of hydrogen-bond acceptors (Lipinski definition) is 8. The number of aliphatic carboxylic acids is 1. The zero-order valence-electron chi connectivity index (χ0n) is 16.9. The molecule has 2 amide bonds. The van der Waals surface area contributed by atoms with Gasteiger partial charge in [-0.3, -0.25) is 19.2 Å². The van der Waals surface area contributed by atoms with Gasteiger partial charge < -0.3 is 10.8 Å². The summed E-state index contributed by atoms with van der Waals surface area (Å²) in [6.45, 7) is 5.27. The summed E-state index contributed by atoms with van der Waals surface area (Å²) >= 11 is 0. The molecule has 1 aliphatic rings. The molecule has 3 N–H and O–H groups in total. The lowest BCUT2D eigenvalue weighted by Gasteiger charge is -2.15. The third-order valence-electron chi connectivity index (χ3n) is 4.48. The number of amidine groups is 1. The van der Waals surface area contributed by atoms with E-state index >= 15 is 0 Å². The molecule has 0 saturated carbocycles. The number of pyridine rings is 1. The van der Waals surface area contributed by atoms with Crippen molar-refractivity contribution in [3.8, 4) is 0 Å². The van der Waals surface area contributed by atoms with E-state index in [9.17, 15) is 24.3 Å². The molecule has 2 heterocycles. The van der Waals surface area contributed by atoms with Gasteiger partial charge in [-0.05, 0) is 25.5 Å². The number of amides is 2. The molecule has 11 heteroatoms. The molecule has 3 unspecified atom stereocenters. The SMILES string of the molecule is CCC(C)C(N)=Nc1ccc(N2C(=O)CC(SSC(CC(C)=O)C(=O)O)C2=O)nc1. The van der Waals surface area contributed by atoms with Crippen LogP contribution in [0.25, 0.3) is 0 Å². The standard InChI is InChI=1S/C19H24N4O5S2/c1-4-10(2)17(20)22-12-5-6-15(21-9-12)23-16(25)8-13(18(23)26)29-30-14(19(27)28)7-11(3)24/h5-6,9-10,13-14H,4,7-8H2,1-3H3,(H2,20,22)(H,27,28). The van der Waals surface area contributed by atoms with Crippen LogP contribution in [0.3, 0.4) is 0 Å². The summed E-state index contributed by atoms with van der Waals surface area (Å²) in [6.07, 6.45) is 2.08. The summed E-state index contributed by atoms with van der Waals surface area (Å²) in [4.78, 5) is 57.0. The van der Waals surface area contributed by atoms with Gasteiger partial charge >= 0.3 is 5.97 Å². The molecule has 1 aliphatic heterocycles. The normalized spacial score (nSPS) is 19.1. The van der Waals surface area contributed by atoms with Crippen LogP contribution in [-0.4, -0.2) is 50.0 Å². The van der Waals surface area contributed by atoms with Gasteiger partial charge in [0.25, 0.3) is 0 Å². The van der Waals surface area contributed by atoms with Crippen LogP contribution in [0.4, 0.5) is 11.5 Å². The number of aromatic nitrogens is 1. The summed E-state index contributed by atoms with van der Waals surface area (Å²) in [5, 5.41) is 7.49. The molecule has 162 valence electrons. The van der Waals surface area contributed by atoms with Crippen molar-refractivity contribution >= 4 is 62.5 Å². The largest absolute Gasteiger partial charge is 0.480 e. The van der Waals surface area contributed by atoms with Gasteiger partial charge in [0.2, 0.25) is 11.8 Å². The van der Waals surface area contributed by atoms with Crippen molar-refractivity contribution in [2.24, 2.45) is 16.6 Å². The highest BCUT2D eigenvalue weighted by Crippen LogP contribution is 2.39. The molecule has 1 saturated heterocycles. The van der Waals surface area contributed by atoms with E-state index in [1.165, 1.54) is 19.2 Å². The van der Waals surface area contributed by atoms with Gasteiger partial charge in [-0.25, -0.2) is 14.9 Å². The number of ketones is 1. The van der Waals surface area contributed by atoms with Crippen molar-refractivity contribution in [2.75, 3.05) is 4.90 Å². The van der Waals surface area contributed by atoms with Gasteiger partial charge in [-0.2, -0.15) is 0 Å². The number of aliphatic imine (C=N–C) groups is 1. The highest BCUT2D eigenvalue weighted by atomic mass is 33.1. The topological polar surface area (TPSA) is 143 Å². The highest BCUT2D eigenvalue weighted by Gasteiger charge is 2.41. The minimum absolute atomic E-state index is 0.0640. The fourth-order valence-electron chi connectivity index (χ4n) is 2.52. The van der Waals surface area contributed by atoms with Crippen LogP contribution in [0.15, 0.2) is 23.3 Å². The number of carbonyl (C=O) groups excluding carboxylic acids is 3. The number of Topliss-reactive ketones (excluding diaryl/α,β-unsaturated/α-hetero) is 1. The summed E-state index contributed by atoms with van der Waals surface area (Å²) in [7, 11) is 1.91.